The number of urea groups is 1. The normalized spacial score (nSPS) is 24.3. The van der Waals surface area contributed by atoms with Crippen molar-refractivity contribution in [3.63, 3.8) is 0 Å². The number of carbonyl (C=O) groups excluding carboxylic acids is 2. The second-order valence-corrected chi connectivity index (χ2v) is 9.14. The number of benzene rings is 1. The van der Waals surface area contributed by atoms with Gasteiger partial charge in [0.1, 0.15) is 5.84 Å². The van der Waals surface area contributed by atoms with E-state index in [9.17, 15) is 9.59 Å². The molecule has 1 aromatic carbocycles. The third kappa shape index (κ3) is 4.29. The molecule has 30 heavy (non-hydrogen) atoms. The molecule has 0 radical (unpaired) electrons. The van der Waals surface area contributed by atoms with E-state index in [-0.39, 0.29) is 18.0 Å². The fraction of sp³-hybridized carbons (Fsp3) is 0.625. The van der Waals surface area contributed by atoms with Gasteiger partial charge in [-0.05, 0) is 58.9 Å². The Bertz CT molecular complexity index is 782. The highest BCUT2D eigenvalue weighted by atomic mass is 16.2. The van der Waals surface area contributed by atoms with Crippen molar-refractivity contribution in [3.8, 4) is 0 Å². The third-order valence-electron chi connectivity index (χ3n) is 6.62. The van der Waals surface area contributed by atoms with Gasteiger partial charge in [0.05, 0.1) is 11.5 Å². The van der Waals surface area contributed by atoms with Gasteiger partial charge in [-0.15, -0.1) is 0 Å². The van der Waals surface area contributed by atoms with E-state index < -0.39 is 5.41 Å². The maximum Gasteiger partial charge on any atom is 0.345 e. The van der Waals surface area contributed by atoms with Crippen molar-refractivity contribution >= 4 is 17.8 Å². The molecule has 1 fully saturated rings. The van der Waals surface area contributed by atoms with Crippen molar-refractivity contribution in [1.82, 2.24) is 15.1 Å². The van der Waals surface area contributed by atoms with Crippen LogP contribution in [0.3, 0.4) is 0 Å². The van der Waals surface area contributed by atoms with Gasteiger partial charge in [0.25, 0.3) is 0 Å². The maximum absolute atomic E-state index is 12.9. The molecule has 6 nitrogen and oxygen atoms in total. The first-order chi connectivity index (χ1) is 14.3. The minimum atomic E-state index is -0.525. The fourth-order valence-corrected chi connectivity index (χ4v) is 5.31. The van der Waals surface area contributed by atoms with Crippen LogP contribution >= 0.6 is 0 Å². The number of piperidine rings is 1. The lowest BCUT2D eigenvalue weighted by Gasteiger charge is -2.52. The Morgan fingerprint density at radius 2 is 1.87 bits per heavy atom. The number of aliphatic imine (C=N–C) groups is 1. The molecule has 0 aliphatic carbocycles. The number of amides is 3. The molecular weight excluding hydrogens is 376 g/mol. The second-order valence-electron chi connectivity index (χ2n) is 9.14. The Hall–Kier alpha value is -2.21. The number of fused-ring (bicyclic) bond motifs is 1. The Labute approximate surface area is 180 Å². The Morgan fingerprint density at radius 3 is 2.47 bits per heavy atom. The molecule has 2 heterocycles. The topological polar surface area (TPSA) is 65.0 Å². The monoisotopic (exact) mass is 412 g/mol. The third-order valence-corrected chi connectivity index (χ3v) is 6.62. The molecule has 0 spiro atoms. The van der Waals surface area contributed by atoms with Crippen molar-refractivity contribution in [1.29, 1.82) is 0 Å². The standard InChI is InChI=1S/C24H36N4O2/c1-17(2)27(18(3)4)16-14-24(20-11-7-6-8-12-20)21-13-9-10-15-28(21)23(30)26-22(24)25-19(5)29/h6-8,11-12,17-18,21H,9-10,13-16H2,1-5H3,(H,25,26,29,30). The molecule has 1 aromatic rings. The number of nitrogens with zero attached hydrogens (tertiary/aromatic N) is 3. The first-order valence-electron chi connectivity index (χ1n) is 11.3. The average molecular weight is 413 g/mol. The summed E-state index contributed by atoms with van der Waals surface area (Å²) in [5.74, 6) is 0.331. The summed E-state index contributed by atoms with van der Waals surface area (Å²) < 4.78 is 0. The first-order valence-corrected chi connectivity index (χ1v) is 11.3. The predicted molar refractivity (Wildman–Crippen MR) is 121 cm³/mol. The van der Waals surface area contributed by atoms with E-state index in [1.807, 2.05) is 23.1 Å². The van der Waals surface area contributed by atoms with Crippen molar-refractivity contribution in [2.24, 2.45) is 4.99 Å². The van der Waals surface area contributed by atoms with Gasteiger partial charge in [0.2, 0.25) is 5.91 Å². The van der Waals surface area contributed by atoms with Gasteiger partial charge in [-0.3, -0.25) is 9.69 Å². The van der Waals surface area contributed by atoms with E-state index in [1.165, 1.54) is 6.92 Å². The van der Waals surface area contributed by atoms with Crippen LogP contribution in [-0.2, 0) is 10.2 Å². The Balaban J connectivity index is 2.14. The number of hydrogen-bond acceptors (Lipinski definition) is 3. The molecule has 2 aliphatic heterocycles. The molecule has 164 valence electrons. The summed E-state index contributed by atoms with van der Waals surface area (Å²) in [4.78, 5) is 33.9. The minimum Gasteiger partial charge on any atom is -0.319 e. The number of rotatable bonds is 6. The highest BCUT2D eigenvalue weighted by Gasteiger charge is 2.53. The van der Waals surface area contributed by atoms with Gasteiger partial charge >= 0.3 is 6.03 Å². The summed E-state index contributed by atoms with van der Waals surface area (Å²) in [7, 11) is 0. The van der Waals surface area contributed by atoms with Crippen LogP contribution in [-0.4, -0.2) is 58.8 Å². The summed E-state index contributed by atoms with van der Waals surface area (Å²) in [6.45, 7) is 12.0. The predicted octanol–water partition coefficient (Wildman–Crippen LogP) is 3.96. The van der Waals surface area contributed by atoms with Gasteiger partial charge in [-0.25, -0.2) is 4.79 Å². The van der Waals surface area contributed by atoms with Gasteiger partial charge in [-0.1, -0.05) is 30.3 Å². The molecule has 6 heteroatoms. The van der Waals surface area contributed by atoms with Crippen LogP contribution in [0.25, 0.3) is 0 Å². The van der Waals surface area contributed by atoms with E-state index in [0.717, 1.165) is 44.3 Å². The molecule has 1 N–H and O–H groups in total. The second kappa shape index (κ2) is 9.29. The van der Waals surface area contributed by atoms with E-state index >= 15 is 0 Å². The summed E-state index contributed by atoms with van der Waals surface area (Å²) in [6, 6.07) is 10.9. The Morgan fingerprint density at radius 1 is 1.20 bits per heavy atom. The van der Waals surface area contributed by atoms with E-state index in [0.29, 0.717) is 17.9 Å². The Kier molecular flexibility index (Phi) is 6.96. The van der Waals surface area contributed by atoms with Crippen LogP contribution in [0.2, 0.25) is 0 Å². The smallest absolute Gasteiger partial charge is 0.319 e. The quantitative estimate of drug-likeness (QED) is 0.769. The highest BCUT2D eigenvalue weighted by molar-refractivity contribution is 6.10. The van der Waals surface area contributed by atoms with Crippen molar-refractivity contribution < 1.29 is 9.59 Å². The first kappa shape index (κ1) is 22.5. The average Bonchev–Trinajstić information content (AvgIpc) is 2.70. The van der Waals surface area contributed by atoms with Crippen LogP contribution in [0.5, 0.6) is 0 Å². The minimum absolute atomic E-state index is 0.00155. The molecule has 3 rings (SSSR count). The SMILES string of the molecule is CC(=O)NC1=NC(=O)N2CCCCC2C1(CCN(C(C)C)C(C)C)c1ccccc1. The van der Waals surface area contributed by atoms with E-state index in [1.54, 1.807) is 0 Å². The van der Waals surface area contributed by atoms with E-state index in [4.69, 9.17) is 0 Å². The lowest BCUT2D eigenvalue weighted by molar-refractivity contribution is -0.117. The van der Waals surface area contributed by atoms with Gasteiger partial charge in [0, 0.05) is 32.1 Å². The van der Waals surface area contributed by atoms with Gasteiger partial charge in [-0.2, -0.15) is 4.99 Å². The van der Waals surface area contributed by atoms with Crippen molar-refractivity contribution in [2.45, 2.75) is 83.8 Å². The highest BCUT2D eigenvalue weighted by Crippen LogP contribution is 2.43. The zero-order valence-corrected chi connectivity index (χ0v) is 19.0. The van der Waals surface area contributed by atoms with Crippen molar-refractivity contribution in [3.05, 3.63) is 35.9 Å². The zero-order valence-electron chi connectivity index (χ0n) is 19.0. The van der Waals surface area contributed by atoms with Crippen LogP contribution in [0.4, 0.5) is 4.79 Å². The van der Waals surface area contributed by atoms with E-state index in [2.05, 4.69) is 55.0 Å². The molecule has 1 saturated heterocycles. The molecule has 0 bridgehead atoms. The lowest BCUT2D eigenvalue weighted by atomic mass is 9.66. The molecule has 2 aliphatic rings. The van der Waals surface area contributed by atoms with Crippen LogP contribution < -0.4 is 5.32 Å². The number of nitrogens with one attached hydrogen (secondary N) is 1. The van der Waals surface area contributed by atoms with Crippen LogP contribution in [0.15, 0.2) is 35.3 Å². The molecular formula is C24H36N4O2. The summed E-state index contributed by atoms with van der Waals surface area (Å²) >= 11 is 0. The van der Waals surface area contributed by atoms with Gasteiger partial charge < -0.3 is 10.2 Å². The number of amidine groups is 1. The lowest BCUT2D eigenvalue weighted by Crippen LogP contribution is -2.65. The summed E-state index contributed by atoms with van der Waals surface area (Å²) in [5.41, 5.74) is 0.595. The molecule has 2 unspecified atom stereocenters. The summed E-state index contributed by atoms with van der Waals surface area (Å²) in [6.07, 6.45) is 3.79. The van der Waals surface area contributed by atoms with Crippen LogP contribution in [0.1, 0.15) is 65.9 Å². The van der Waals surface area contributed by atoms with Crippen LogP contribution in [0, 0.1) is 0 Å². The number of carbonyl (C=O) groups is 2. The largest absolute Gasteiger partial charge is 0.345 e. The summed E-state index contributed by atoms with van der Waals surface area (Å²) in [5, 5.41) is 2.96. The fourth-order valence-electron chi connectivity index (χ4n) is 5.31. The molecule has 0 saturated carbocycles. The molecule has 3 amide bonds. The maximum atomic E-state index is 12.9. The number of hydrogen-bond donors (Lipinski definition) is 1. The molecule has 0 aromatic heterocycles. The zero-order chi connectivity index (χ0) is 21.9. The van der Waals surface area contributed by atoms with Crippen molar-refractivity contribution in [2.75, 3.05) is 13.1 Å². The van der Waals surface area contributed by atoms with Gasteiger partial charge in [0.15, 0.2) is 0 Å². The molecule has 2 atom stereocenters.